The Balaban J connectivity index is 1.44. The minimum Gasteiger partial charge on any atom is -0.422 e. The second kappa shape index (κ2) is 11.4. The van der Waals surface area contributed by atoms with Gasteiger partial charge in [-0.25, -0.2) is 14.9 Å². The predicted octanol–water partition coefficient (Wildman–Crippen LogP) is 3.45. The summed E-state index contributed by atoms with van der Waals surface area (Å²) in [5, 5.41) is 6.39. The molecule has 38 heavy (non-hydrogen) atoms. The number of para-hydroxylation sites is 2. The molecular weight excluding hydrogens is 510 g/mol. The molecule has 0 spiro atoms. The lowest BCUT2D eigenvalue weighted by atomic mass is 10.2. The third kappa shape index (κ3) is 5.55. The number of halogens is 1. The van der Waals surface area contributed by atoms with E-state index in [-0.39, 0.29) is 22.0 Å². The molecule has 0 bridgehead atoms. The Morgan fingerprint density at radius 3 is 2.32 bits per heavy atom. The largest absolute Gasteiger partial charge is 0.422 e. The zero-order valence-corrected chi connectivity index (χ0v) is 21.1. The molecule has 0 unspecified atom stereocenters. The Labute approximate surface area is 222 Å². The molecule has 0 aliphatic heterocycles. The summed E-state index contributed by atoms with van der Waals surface area (Å²) in [6.07, 6.45) is 1.22. The minimum atomic E-state index is -1.10. The Morgan fingerprint density at radius 1 is 0.921 bits per heavy atom. The van der Waals surface area contributed by atoms with Gasteiger partial charge in [0, 0.05) is 12.6 Å². The smallest absolute Gasteiger partial charge is 0.345 e. The van der Waals surface area contributed by atoms with Gasteiger partial charge in [-0.2, -0.15) is 5.10 Å². The fourth-order valence-electron chi connectivity index (χ4n) is 3.56. The van der Waals surface area contributed by atoms with Gasteiger partial charge in [-0.15, -0.1) is 0 Å². The molecule has 10 nitrogen and oxygen atoms in total. The average molecular weight is 532 g/mol. The topological polar surface area (TPSA) is 124 Å². The van der Waals surface area contributed by atoms with E-state index < -0.39 is 23.3 Å². The van der Waals surface area contributed by atoms with Crippen molar-refractivity contribution in [3.63, 3.8) is 0 Å². The van der Waals surface area contributed by atoms with Crippen LogP contribution in [0.3, 0.4) is 0 Å². The highest BCUT2D eigenvalue weighted by atomic mass is 35.5. The van der Waals surface area contributed by atoms with Crippen molar-refractivity contribution in [3.8, 4) is 11.4 Å². The van der Waals surface area contributed by atoms with E-state index in [0.29, 0.717) is 16.9 Å². The zero-order valence-electron chi connectivity index (χ0n) is 20.3. The molecule has 1 aromatic heterocycles. The third-order valence-electron chi connectivity index (χ3n) is 5.58. The van der Waals surface area contributed by atoms with Gasteiger partial charge < -0.3 is 10.1 Å². The maximum Gasteiger partial charge on any atom is 0.345 e. The van der Waals surface area contributed by atoms with Crippen LogP contribution in [0.2, 0.25) is 5.02 Å². The summed E-state index contributed by atoms with van der Waals surface area (Å²) in [4.78, 5) is 50.3. The number of carbonyl (C=O) groups excluding carboxylic acids is 3. The summed E-state index contributed by atoms with van der Waals surface area (Å²) in [5.74, 6) is -2.67. The van der Waals surface area contributed by atoms with Gasteiger partial charge in [0.2, 0.25) is 0 Å². The molecule has 0 radical (unpaired) electrons. The molecule has 0 saturated heterocycles. The number of nitrogens with zero attached hydrogens (tertiary/aromatic N) is 3. The highest BCUT2D eigenvalue weighted by Crippen LogP contribution is 2.21. The number of anilines is 1. The average Bonchev–Trinajstić information content (AvgIpc) is 3.13. The number of ether oxygens (including phenoxy) is 1. The Bertz CT molecular complexity index is 1610. The minimum absolute atomic E-state index is 0.0303. The molecular formula is C27H22ClN5O5. The van der Waals surface area contributed by atoms with Crippen molar-refractivity contribution in [2.24, 2.45) is 12.1 Å². The van der Waals surface area contributed by atoms with Crippen molar-refractivity contribution in [1.82, 2.24) is 14.8 Å². The molecule has 3 aromatic carbocycles. The molecule has 192 valence electrons. The highest BCUT2D eigenvalue weighted by molar-refractivity contribution is 6.39. The number of benzene rings is 3. The number of carbonyl (C=O) groups is 3. The summed E-state index contributed by atoms with van der Waals surface area (Å²) in [5.41, 5.74) is 3.19. The molecule has 2 amide bonds. The summed E-state index contributed by atoms with van der Waals surface area (Å²) < 4.78 is 8.38. The van der Waals surface area contributed by atoms with Crippen molar-refractivity contribution >= 4 is 41.3 Å². The molecule has 0 atom stereocenters. The van der Waals surface area contributed by atoms with Gasteiger partial charge in [0.25, 0.3) is 5.56 Å². The summed E-state index contributed by atoms with van der Waals surface area (Å²) in [6.45, 7) is 1.65. The molecule has 4 aromatic rings. The Morgan fingerprint density at radius 2 is 1.58 bits per heavy atom. The number of amides is 2. The Hall–Kier alpha value is -4.96. The normalized spacial score (nSPS) is 10.8. The van der Waals surface area contributed by atoms with E-state index in [0.717, 1.165) is 0 Å². The monoisotopic (exact) mass is 531 g/mol. The number of hydrogen-bond donors (Lipinski definition) is 2. The SMILES string of the molecule is Cc1c(NC(=O)C(=O)N/N=C/c2ccccc2OC(=O)c2ccccc2Cl)c(=O)n(-c2ccccc2)n1C. The lowest BCUT2D eigenvalue weighted by Crippen LogP contribution is -2.34. The van der Waals surface area contributed by atoms with Crippen LogP contribution in [0.5, 0.6) is 5.75 Å². The predicted molar refractivity (Wildman–Crippen MR) is 143 cm³/mol. The number of rotatable bonds is 6. The summed E-state index contributed by atoms with van der Waals surface area (Å²) >= 11 is 6.06. The molecule has 11 heteroatoms. The van der Waals surface area contributed by atoms with Crippen molar-refractivity contribution in [3.05, 3.63) is 111 Å². The van der Waals surface area contributed by atoms with Crippen molar-refractivity contribution in [1.29, 1.82) is 0 Å². The van der Waals surface area contributed by atoms with E-state index in [9.17, 15) is 19.2 Å². The van der Waals surface area contributed by atoms with Crippen LogP contribution in [0.15, 0.2) is 88.8 Å². The quantitative estimate of drug-likeness (QED) is 0.130. The molecule has 0 fully saturated rings. The second-order valence-corrected chi connectivity index (χ2v) is 8.40. The molecule has 1 heterocycles. The summed E-state index contributed by atoms with van der Waals surface area (Å²) in [6, 6.07) is 21.8. The van der Waals surface area contributed by atoms with Gasteiger partial charge >= 0.3 is 17.8 Å². The van der Waals surface area contributed by atoms with Crippen molar-refractivity contribution in [2.75, 3.05) is 5.32 Å². The van der Waals surface area contributed by atoms with E-state index >= 15 is 0 Å². The number of hydrazone groups is 1. The van der Waals surface area contributed by atoms with Gasteiger partial charge in [-0.1, -0.05) is 54.1 Å². The third-order valence-corrected chi connectivity index (χ3v) is 5.91. The number of esters is 1. The molecule has 0 aliphatic carbocycles. The molecule has 0 saturated carbocycles. The maximum absolute atomic E-state index is 12.9. The fourth-order valence-corrected chi connectivity index (χ4v) is 3.77. The highest BCUT2D eigenvalue weighted by Gasteiger charge is 2.21. The zero-order chi connectivity index (χ0) is 27.2. The standard InChI is InChI=1S/C27H22ClN5O5/c1-17-23(26(36)33(32(17)2)19-11-4-3-5-12-19)30-24(34)25(35)31-29-16-18-10-6-9-15-22(18)38-27(37)20-13-7-8-14-21(20)28/h3-16H,1-2H3,(H,30,34)(H,31,35)/b29-16+. The van der Waals surface area contributed by atoms with Crippen LogP contribution in [0.1, 0.15) is 21.6 Å². The van der Waals surface area contributed by atoms with E-state index in [1.54, 1.807) is 85.4 Å². The first kappa shape index (κ1) is 26.1. The first-order chi connectivity index (χ1) is 18.3. The van der Waals surface area contributed by atoms with E-state index in [1.165, 1.54) is 17.0 Å². The molecule has 2 N–H and O–H groups in total. The van der Waals surface area contributed by atoms with Crippen LogP contribution >= 0.6 is 11.6 Å². The van der Waals surface area contributed by atoms with Crippen LogP contribution in [-0.4, -0.2) is 33.4 Å². The van der Waals surface area contributed by atoms with Gasteiger partial charge in [-0.05, 0) is 43.3 Å². The number of nitrogens with one attached hydrogen (secondary N) is 2. The van der Waals surface area contributed by atoms with E-state index in [2.05, 4.69) is 15.8 Å². The van der Waals surface area contributed by atoms with Crippen molar-refractivity contribution in [2.45, 2.75) is 6.92 Å². The second-order valence-electron chi connectivity index (χ2n) is 8.00. The van der Waals surface area contributed by atoms with Gasteiger partial charge in [0.15, 0.2) is 0 Å². The summed E-state index contributed by atoms with van der Waals surface area (Å²) in [7, 11) is 1.67. The van der Waals surface area contributed by atoms with Crippen LogP contribution in [0, 0.1) is 6.92 Å². The van der Waals surface area contributed by atoms with Gasteiger partial charge in [-0.3, -0.25) is 19.1 Å². The fraction of sp³-hybridized carbons (Fsp3) is 0.0741. The molecule has 0 aliphatic rings. The maximum atomic E-state index is 12.9. The van der Waals surface area contributed by atoms with Gasteiger partial charge in [0.1, 0.15) is 11.4 Å². The van der Waals surface area contributed by atoms with Crippen LogP contribution in [0.4, 0.5) is 5.69 Å². The van der Waals surface area contributed by atoms with Crippen molar-refractivity contribution < 1.29 is 19.1 Å². The van der Waals surface area contributed by atoms with Crippen LogP contribution in [-0.2, 0) is 16.6 Å². The Kier molecular flexibility index (Phi) is 7.83. The van der Waals surface area contributed by atoms with E-state index in [1.807, 2.05) is 6.07 Å². The lowest BCUT2D eigenvalue weighted by molar-refractivity contribution is -0.136. The first-order valence-corrected chi connectivity index (χ1v) is 11.7. The molecule has 4 rings (SSSR count). The number of hydrogen-bond acceptors (Lipinski definition) is 6. The van der Waals surface area contributed by atoms with Gasteiger partial charge in [0.05, 0.1) is 28.2 Å². The van der Waals surface area contributed by atoms with Crippen LogP contribution < -0.4 is 21.0 Å². The van der Waals surface area contributed by atoms with E-state index in [4.69, 9.17) is 16.3 Å². The number of aromatic nitrogens is 2. The van der Waals surface area contributed by atoms with Crippen LogP contribution in [0.25, 0.3) is 5.69 Å². The lowest BCUT2D eigenvalue weighted by Gasteiger charge is -2.08. The first-order valence-electron chi connectivity index (χ1n) is 11.3.